The smallest absolute Gasteiger partial charge is 0.0454 e. The molecule has 0 atom stereocenters. The van der Waals surface area contributed by atoms with E-state index >= 15 is 0 Å². The van der Waals surface area contributed by atoms with E-state index in [0.29, 0.717) is 12.3 Å². The van der Waals surface area contributed by atoms with Crippen molar-refractivity contribution in [3.63, 3.8) is 0 Å². The first kappa shape index (κ1) is 19.9. The van der Waals surface area contributed by atoms with Crippen LogP contribution in [0.5, 0.6) is 0 Å². The lowest BCUT2D eigenvalue weighted by Gasteiger charge is -2.15. The van der Waals surface area contributed by atoms with Gasteiger partial charge in [-0.2, -0.15) is 11.8 Å². The van der Waals surface area contributed by atoms with Crippen molar-refractivity contribution >= 4 is 17.5 Å². The Morgan fingerprint density at radius 1 is 1.29 bits per heavy atom. The molecule has 0 aromatic rings. The van der Waals surface area contributed by atoms with Crippen molar-refractivity contribution < 1.29 is 0 Å². The van der Waals surface area contributed by atoms with Gasteiger partial charge in [-0.05, 0) is 50.8 Å². The van der Waals surface area contributed by atoms with Crippen molar-refractivity contribution in [3.05, 3.63) is 47.6 Å². The fourth-order valence-electron chi connectivity index (χ4n) is 1.77. The van der Waals surface area contributed by atoms with Gasteiger partial charge in [0.15, 0.2) is 0 Å². The Morgan fingerprint density at radius 2 is 1.95 bits per heavy atom. The van der Waals surface area contributed by atoms with E-state index in [1.807, 2.05) is 36.9 Å². The third-order valence-corrected chi connectivity index (χ3v) is 4.28. The molecule has 0 aliphatic rings. The number of allylic oxidation sites excluding steroid dienone is 6. The van der Waals surface area contributed by atoms with Gasteiger partial charge >= 0.3 is 0 Å². The molecule has 0 heterocycles. The first-order chi connectivity index (χ1) is 9.96. The van der Waals surface area contributed by atoms with Crippen LogP contribution in [-0.4, -0.2) is 42.3 Å². The van der Waals surface area contributed by atoms with E-state index < -0.39 is 0 Å². The van der Waals surface area contributed by atoms with Crippen molar-refractivity contribution in [1.82, 2.24) is 4.90 Å². The lowest BCUT2D eigenvalue weighted by Crippen LogP contribution is -2.26. The highest BCUT2D eigenvalue weighted by molar-refractivity contribution is 7.99. The van der Waals surface area contributed by atoms with Crippen LogP contribution in [0.2, 0.25) is 0 Å². The monoisotopic (exact) mass is 306 g/mol. The summed E-state index contributed by atoms with van der Waals surface area (Å²) in [5.41, 5.74) is 4.17. The van der Waals surface area contributed by atoms with Gasteiger partial charge in [0, 0.05) is 24.6 Å². The molecule has 0 aliphatic heterocycles. The number of hydrogen-bond donors (Lipinski definition) is 1. The van der Waals surface area contributed by atoms with Gasteiger partial charge in [0.2, 0.25) is 0 Å². The second-order valence-electron chi connectivity index (χ2n) is 5.05. The molecule has 21 heavy (non-hydrogen) atoms. The second kappa shape index (κ2) is 11.6. The second-order valence-corrected chi connectivity index (χ2v) is 6.44. The fourth-order valence-corrected chi connectivity index (χ4v) is 2.50. The summed E-state index contributed by atoms with van der Waals surface area (Å²) < 4.78 is 0. The Balaban J connectivity index is 4.58. The number of hydrogen-bond acceptors (Lipinski definition) is 3. The van der Waals surface area contributed by atoms with Crippen LogP contribution in [0.3, 0.4) is 0 Å². The summed E-state index contributed by atoms with van der Waals surface area (Å²) in [5, 5.41) is 8.05. The molecular weight excluding hydrogens is 276 g/mol. The SMILES string of the molecule is C=CC(/C=C\C(=N)CN(C)CCSCC)=C(C)\C(C)=C/C. The third-order valence-electron chi connectivity index (χ3n) is 3.40. The maximum absolute atomic E-state index is 8.05. The molecule has 0 rings (SSSR count). The Morgan fingerprint density at radius 3 is 2.48 bits per heavy atom. The Kier molecular flexibility index (Phi) is 11.0. The highest BCUT2D eigenvalue weighted by Gasteiger charge is 2.01. The number of rotatable bonds is 10. The van der Waals surface area contributed by atoms with Crippen LogP contribution in [0.4, 0.5) is 0 Å². The average molecular weight is 307 g/mol. The molecule has 1 N–H and O–H groups in total. The molecule has 0 radical (unpaired) electrons. The predicted molar refractivity (Wildman–Crippen MR) is 99.7 cm³/mol. The normalized spacial score (nSPS) is 13.7. The molecule has 0 saturated carbocycles. The summed E-state index contributed by atoms with van der Waals surface area (Å²) in [6, 6.07) is 0. The van der Waals surface area contributed by atoms with Crippen LogP contribution in [0.15, 0.2) is 47.6 Å². The molecule has 0 bridgehead atoms. The molecule has 0 spiro atoms. The minimum Gasteiger partial charge on any atom is -0.304 e. The molecule has 0 amide bonds. The first-order valence-corrected chi connectivity index (χ1v) is 8.60. The van der Waals surface area contributed by atoms with E-state index in [1.54, 1.807) is 0 Å². The summed E-state index contributed by atoms with van der Waals surface area (Å²) in [7, 11) is 2.07. The average Bonchev–Trinajstić information content (AvgIpc) is 2.46. The van der Waals surface area contributed by atoms with Gasteiger partial charge < -0.3 is 5.41 Å². The Bertz CT molecular complexity index is 430. The number of thioether (sulfide) groups is 1. The zero-order valence-electron chi connectivity index (χ0n) is 14.2. The first-order valence-electron chi connectivity index (χ1n) is 7.44. The van der Waals surface area contributed by atoms with Gasteiger partial charge in [-0.25, -0.2) is 0 Å². The molecule has 118 valence electrons. The summed E-state index contributed by atoms with van der Waals surface area (Å²) in [6.07, 6.45) is 7.82. The molecule has 0 aromatic carbocycles. The van der Waals surface area contributed by atoms with Gasteiger partial charge in [0.25, 0.3) is 0 Å². The van der Waals surface area contributed by atoms with Crippen LogP contribution in [-0.2, 0) is 0 Å². The van der Waals surface area contributed by atoms with E-state index in [9.17, 15) is 0 Å². The van der Waals surface area contributed by atoms with Crippen molar-refractivity contribution in [2.75, 3.05) is 31.6 Å². The van der Waals surface area contributed by atoms with E-state index in [0.717, 1.165) is 23.6 Å². The minimum absolute atomic E-state index is 0.629. The third kappa shape index (κ3) is 8.74. The molecule has 0 aliphatic carbocycles. The van der Waals surface area contributed by atoms with E-state index in [-0.39, 0.29) is 0 Å². The standard InChI is InChI=1S/C18H30N2S/c1-7-15(4)16(5)17(8-2)10-11-18(19)14-20(6)12-13-21-9-3/h7-8,10-11,19H,2,9,12-14H2,1,3-6H3/b11-10-,15-7-,17-16+,19-18?. The fraction of sp³-hybridized carbons (Fsp3) is 0.500. The maximum atomic E-state index is 8.05. The zero-order chi connectivity index (χ0) is 16.3. The van der Waals surface area contributed by atoms with Crippen LogP contribution >= 0.6 is 11.8 Å². The van der Waals surface area contributed by atoms with Crippen LogP contribution in [0.1, 0.15) is 27.7 Å². The van der Waals surface area contributed by atoms with Crippen molar-refractivity contribution in [2.45, 2.75) is 27.7 Å². The van der Waals surface area contributed by atoms with E-state index in [2.05, 4.69) is 45.4 Å². The van der Waals surface area contributed by atoms with Crippen molar-refractivity contribution in [1.29, 1.82) is 5.41 Å². The lowest BCUT2D eigenvalue weighted by molar-refractivity contribution is 0.407. The van der Waals surface area contributed by atoms with Crippen LogP contribution in [0.25, 0.3) is 0 Å². The summed E-state index contributed by atoms with van der Waals surface area (Å²) >= 11 is 1.94. The lowest BCUT2D eigenvalue weighted by atomic mass is 10.0. The van der Waals surface area contributed by atoms with Gasteiger partial charge in [-0.15, -0.1) is 0 Å². The predicted octanol–water partition coefficient (Wildman–Crippen LogP) is 4.72. The van der Waals surface area contributed by atoms with E-state index in [4.69, 9.17) is 5.41 Å². The quantitative estimate of drug-likeness (QED) is 0.359. The zero-order valence-corrected chi connectivity index (χ0v) is 15.0. The Labute approximate surface area is 135 Å². The molecule has 0 aromatic heterocycles. The van der Waals surface area contributed by atoms with Crippen molar-refractivity contribution in [2.24, 2.45) is 0 Å². The van der Waals surface area contributed by atoms with E-state index in [1.165, 1.54) is 11.1 Å². The van der Waals surface area contributed by atoms with Gasteiger partial charge in [-0.1, -0.05) is 37.3 Å². The van der Waals surface area contributed by atoms with Crippen LogP contribution in [0, 0.1) is 5.41 Å². The summed E-state index contributed by atoms with van der Waals surface area (Å²) in [6.45, 7) is 14.0. The largest absolute Gasteiger partial charge is 0.304 e. The topological polar surface area (TPSA) is 27.1 Å². The van der Waals surface area contributed by atoms with Gasteiger partial charge in [0.1, 0.15) is 0 Å². The highest BCUT2D eigenvalue weighted by atomic mass is 32.2. The highest BCUT2D eigenvalue weighted by Crippen LogP contribution is 2.15. The van der Waals surface area contributed by atoms with Gasteiger partial charge in [-0.3, -0.25) is 4.90 Å². The molecule has 0 saturated heterocycles. The maximum Gasteiger partial charge on any atom is 0.0454 e. The minimum atomic E-state index is 0.629. The van der Waals surface area contributed by atoms with Crippen LogP contribution < -0.4 is 0 Å². The number of nitrogens with zero attached hydrogens (tertiary/aromatic N) is 1. The molecule has 3 heteroatoms. The molecule has 0 unspecified atom stereocenters. The van der Waals surface area contributed by atoms with Gasteiger partial charge in [0.05, 0.1) is 0 Å². The number of nitrogens with one attached hydrogen (secondary N) is 1. The summed E-state index contributed by atoms with van der Waals surface area (Å²) in [4.78, 5) is 2.19. The van der Waals surface area contributed by atoms with Crippen molar-refractivity contribution in [3.8, 4) is 0 Å². The Hall–Kier alpha value is -1.06. The summed E-state index contributed by atoms with van der Waals surface area (Å²) in [5.74, 6) is 2.28. The molecule has 0 fully saturated rings. The molecular formula is C18H30N2S. The molecule has 2 nitrogen and oxygen atoms in total.